The van der Waals surface area contributed by atoms with Crippen molar-refractivity contribution in [1.29, 1.82) is 0 Å². The van der Waals surface area contributed by atoms with E-state index in [1.807, 2.05) is 54.6 Å². The Labute approximate surface area is 190 Å². The number of nitrogens with zero attached hydrogens (tertiary/aromatic N) is 4. The minimum absolute atomic E-state index is 0.172. The molecule has 9 nitrogen and oxygen atoms in total. The van der Waals surface area contributed by atoms with Gasteiger partial charge in [-0.1, -0.05) is 35.9 Å². The van der Waals surface area contributed by atoms with Crippen LogP contribution in [0.5, 0.6) is 11.6 Å². The first-order valence-electron chi connectivity index (χ1n) is 9.89. The molecule has 1 saturated heterocycles. The molecule has 1 aromatic heterocycles. The van der Waals surface area contributed by atoms with E-state index in [0.717, 1.165) is 22.0 Å². The van der Waals surface area contributed by atoms with Gasteiger partial charge in [-0.25, -0.2) is 9.48 Å². The van der Waals surface area contributed by atoms with Crippen LogP contribution in [0.1, 0.15) is 0 Å². The van der Waals surface area contributed by atoms with E-state index in [9.17, 15) is 4.79 Å². The van der Waals surface area contributed by atoms with Crippen LogP contribution in [0.3, 0.4) is 0 Å². The van der Waals surface area contributed by atoms with Crippen molar-refractivity contribution >= 4 is 17.7 Å². The Balaban J connectivity index is 1.54. The molecule has 1 amide bonds. The molecule has 1 fully saturated rings. The molecule has 0 radical (unpaired) electrons. The van der Waals surface area contributed by atoms with Crippen LogP contribution in [0.4, 0.5) is 4.79 Å². The Morgan fingerprint density at radius 3 is 2.53 bits per heavy atom. The number of hydrogen-bond acceptors (Lipinski definition) is 7. The second-order valence-corrected chi connectivity index (χ2v) is 7.52. The quantitative estimate of drug-likeness (QED) is 0.498. The van der Waals surface area contributed by atoms with Crippen LogP contribution >= 0.6 is 11.6 Å². The van der Waals surface area contributed by atoms with Gasteiger partial charge >= 0.3 is 6.09 Å². The highest BCUT2D eigenvalue weighted by atomic mass is 35.5. The summed E-state index contributed by atoms with van der Waals surface area (Å²) < 4.78 is 13.3. The fraction of sp³-hybridized carbons (Fsp3) is 0.273. The molecule has 0 aliphatic carbocycles. The van der Waals surface area contributed by atoms with Gasteiger partial charge in [0.25, 0.3) is 0 Å². The summed E-state index contributed by atoms with van der Waals surface area (Å²) in [5.41, 5.74) is 2.53. The topological polar surface area (TPSA) is 78.3 Å². The number of amides is 1. The summed E-state index contributed by atoms with van der Waals surface area (Å²) in [5, 5.41) is 7.82. The van der Waals surface area contributed by atoms with Crippen LogP contribution in [-0.2, 0) is 9.68 Å². The zero-order chi connectivity index (χ0) is 22.7. The molecule has 32 heavy (non-hydrogen) atoms. The summed E-state index contributed by atoms with van der Waals surface area (Å²) >= 11 is 6.06. The molecule has 2 heterocycles. The van der Waals surface area contributed by atoms with Crippen molar-refractivity contribution in [1.82, 2.24) is 19.9 Å². The molecule has 1 aliphatic rings. The van der Waals surface area contributed by atoms with Gasteiger partial charge in [-0.3, -0.25) is 4.84 Å². The minimum atomic E-state index is -0.601. The van der Waals surface area contributed by atoms with Crippen molar-refractivity contribution in [3.05, 3.63) is 59.6 Å². The van der Waals surface area contributed by atoms with E-state index < -0.39 is 6.09 Å². The van der Waals surface area contributed by atoms with Gasteiger partial charge in [0.05, 0.1) is 33.0 Å². The fourth-order valence-electron chi connectivity index (χ4n) is 3.19. The number of methoxy groups -OCH3 is 1. The summed E-state index contributed by atoms with van der Waals surface area (Å²) in [6, 6.07) is 17.0. The van der Waals surface area contributed by atoms with Crippen LogP contribution in [0.2, 0.25) is 5.02 Å². The fourth-order valence-corrected chi connectivity index (χ4v) is 3.32. The van der Waals surface area contributed by atoms with E-state index in [1.165, 1.54) is 19.2 Å². The van der Waals surface area contributed by atoms with Gasteiger partial charge in [0.15, 0.2) is 0 Å². The first kappa shape index (κ1) is 21.9. The van der Waals surface area contributed by atoms with Crippen molar-refractivity contribution in [2.24, 2.45) is 0 Å². The predicted molar refractivity (Wildman–Crippen MR) is 118 cm³/mol. The van der Waals surface area contributed by atoms with E-state index in [0.29, 0.717) is 29.7 Å². The molecule has 0 N–H and O–H groups in total. The molecule has 10 heteroatoms. The summed E-state index contributed by atoms with van der Waals surface area (Å²) in [6.07, 6.45) is -0.772. The third-order valence-electron chi connectivity index (χ3n) is 4.98. The van der Waals surface area contributed by atoms with Gasteiger partial charge in [0.1, 0.15) is 17.5 Å². The number of hydroxylamine groups is 4. The van der Waals surface area contributed by atoms with Gasteiger partial charge < -0.3 is 14.3 Å². The van der Waals surface area contributed by atoms with Crippen molar-refractivity contribution in [2.45, 2.75) is 6.10 Å². The molecule has 0 unspecified atom stereocenters. The second-order valence-electron chi connectivity index (χ2n) is 7.08. The number of ether oxygens (including phenoxy) is 2. The van der Waals surface area contributed by atoms with Crippen molar-refractivity contribution < 1.29 is 23.9 Å². The average Bonchev–Trinajstić information content (AvgIpc) is 3.21. The molecule has 3 aromatic rings. The lowest BCUT2D eigenvalue weighted by molar-refractivity contribution is -0.212. The molecule has 0 bridgehead atoms. The number of para-hydroxylation sites is 2. The number of rotatable bonds is 7. The Morgan fingerprint density at radius 1 is 1.12 bits per heavy atom. The monoisotopic (exact) mass is 458 g/mol. The lowest BCUT2D eigenvalue weighted by Gasteiger charge is -2.36. The molecule has 2 aromatic carbocycles. The van der Waals surface area contributed by atoms with Crippen molar-refractivity contribution in [3.8, 4) is 28.6 Å². The van der Waals surface area contributed by atoms with E-state index >= 15 is 0 Å². The lowest BCUT2D eigenvalue weighted by Crippen LogP contribution is -2.55. The Kier molecular flexibility index (Phi) is 6.50. The maximum atomic E-state index is 11.7. The number of hydrogen-bond donors (Lipinski definition) is 0. The Morgan fingerprint density at radius 2 is 1.84 bits per heavy atom. The van der Waals surface area contributed by atoms with Gasteiger partial charge in [0.2, 0.25) is 5.88 Å². The zero-order valence-corrected chi connectivity index (χ0v) is 18.7. The number of benzene rings is 2. The summed E-state index contributed by atoms with van der Waals surface area (Å²) in [5.74, 6) is 1.13. The number of carbonyl (C=O) groups is 1. The Bertz CT molecular complexity index is 1080. The Hall–Kier alpha value is -3.27. The minimum Gasteiger partial charge on any atom is -0.494 e. The molecule has 4 rings (SSSR count). The highest BCUT2D eigenvalue weighted by Crippen LogP contribution is 2.32. The van der Waals surface area contributed by atoms with Crippen LogP contribution < -0.4 is 9.47 Å². The predicted octanol–water partition coefficient (Wildman–Crippen LogP) is 3.81. The molecule has 0 atom stereocenters. The average molecular weight is 459 g/mol. The van der Waals surface area contributed by atoms with Crippen LogP contribution in [0.15, 0.2) is 54.6 Å². The first-order valence-corrected chi connectivity index (χ1v) is 10.3. The molecule has 168 valence electrons. The maximum absolute atomic E-state index is 11.7. The SMILES string of the molecule is COc1ccccc1-n1nc(OC2CN(OC(=O)N(C)OC)C2)cc1-c1ccc(Cl)cc1. The van der Waals surface area contributed by atoms with Gasteiger partial charge in [-0.15, -0.1) is 10.2 Å². The number of carbonyl (C=O) groups excluding carboxylic acids is 1. The highest BCUT2D eigenvalue weighted by Gasteiger charge is 2.33. The van der Waals surface area contributed by atoms with Crippen LogP contribution in [-0.4, -0.2) is 66.5 Å². The summed E-state index contributed by atoms with van der Waals surface area (Å²) in [6.45, 7) is 0.835. The molecular formula is C22H23ClN4O5. The van der Waals surface area contributed by atoms with Crippen molar-refractivity contribution in [2.75, 3.05) is 34.4 Å². The molecular weight excluding hydrogens is 436 g/mol. The first-order chi connectivity index (χ1) is 15.5. The van der Waals surface area contributed by atoms with E-state index in [2.05, 4.69) is 5.10 Å². The molecule has 0 saturated carbocycles. The summed E-state index contributed by atoms with van der Waals surface area (Å²) in [4.78, 5) is 21.7. The van der Waals surface area contributed by atoms with Crippen LogP contribution in [0, 0.1) is 0 Å². The van der Waals surface area contributed by atoms with Crippen molar-refractivity contribution in [3.63, 3.8) is 0 Å². The number of halogens is 1. The van der Waals surface area contributed by atoms with E-state index in [1.54, 1.807) is 11.8 Å². The maximum Gasteiger partial charge on any atom is 0.452 e. The van der Waals surface area contributed by atoms with E-state index in [-0.39, 0.29) is 6.10 Å². The molecule has 0 spiro atoms. The number of aromatic nitrogens is 2. The van der Waals surface area contributed by atoms with Gasteiger partial charge in [-0.2, -0.15) is 5.06 Å². The molecule has 1 aliphatic heterocycles. The summed E-state index contributed by atoms with van der Waals surface area (Å²) in [7, 11) is 4.48. The standard InChI is InChI=1S/C22H23ClN4O5/c1-25(30-3)22(28)32-26-13-17(14-26)31-21-12-19(15-8-10-16(23)11-9-15)27(24-21)18-6-4-5-7-20(18)29-2/h4-12,17H,13-14H2,1-3H3. The van der Waals surface area contributed by atoms with E-state index in [4.69, 9.17) is 30.7 Å². The van der Waals surface area contributed by atoms with Crippen LogP contribution in [0.25, 0.3) is 16.9 Å². The van der Waals surface area contributed by atoms with Gasteiger partial charge in [-0.05, 0) is 24.3 Å². The highest BCUT2D eigenvalue weighted by molar-refractivity contribution is 6.30. The van der Waals surface area contributed by atoms with Gasteiger partial charge in [0, 0.05) is 23.7 Å². The lowest BCUT2D eigenvalue weighted by atomic mass is 10.1. The normalized spacial score (nSPS) is 14.0. The zero-order valence-electron chi connectivity index (χ0n) is 17.9. The largest absolute Gasteiger partial charge is 0.494 e. The third kappa shape index (κ3) is 4.64. The second kappa shape index (κ2) is 9.47. The third-order valence-corrected chi connectivity index (χ3v) is 5.23. The smallest absolute Gasteiger partial charge is 0.452 e.